The van der Waals surface area contributed by atoms with E-state index in [2.05, 4.69) is 0 Å². The number of aromatic nitrogens is 1. The van der Waals surface area contributed by atoms with Crippen LogP contribution in [0.25, 0.3) is 0 Å². The minimum Gasteiger partial charge on any atom is -1.00 e. The smallest absolute Gasteiger partial charge is 0.497 e. The zero-order chi connectivity index (χ0) is 8.27. The van der Waals surface area contributed by atoms with Crippen molar-refractivity contribution in [1.29, 1.82) is 0 Å². The van der Waals surface area contributed by atoms with E-state index in [1.165, 1.54) is 9.47 Å². The number of pyridine rings is 1. The SMILES string of the molecule is CN(C)C(=O)[n+]1ccccc1.[Cl-]. The van der Waals surface area contributed by atoms with Crippen molar-refractivity contribution in [2.24, 2.45) is 0 Å². The quantitative estimate of drug-likeness (QED) is 0.412. The van der Waals surface area contributed by atoms with Crippen molar-refractivity contribution in [3.8, 4) is 0 Å². The van der Waals surface area contributed by atoms with Gasteiger partial charge in [-0.25, -0.2) is 4.90 Å². The first kappa shape index (κ1) is 10.9. The van der Waals surface area contributed by atoms with E-state index in [4.69, 9.17) is 0 Å². The lowest BCUT2D eigenvalue weighted by molar-refractivity contribution is -0.577. The van der Waals surface area contributed by atoms with E-state index in [0.29, 0.717) is 0 Å². The Labute approximate surface area is 78.0 Å². The number of hydrogen-bond donors (Lipinski definition) is 0. The van der Waals surface area contributed by atoms with Crippen LogP contribution in [0.3, 0.4) is 0 Å². The van der Waals surface area contributed by atoms with Crippen LogP contribution >= 0.6 is 0 Å². The van der Waals surface area contributed by atoms with E-state index in [0.717, 1.165) is 0 Å². The molecule has 1 aromatic heterocycles. The number of nitrogens with zero attached hydrogens (tertiary/aromatic N) is 2. The second-order valence-corrected chi connectivity index (χ2v) is 2.46. The van der Waals surface area contributed by atoms with Gasteiger partial charge in [0.15, 0.2) is 0 Å². The first-order chi connectivity index (χ1) is 5.22. The van der Waals surface area contributed by atoms with Gasteiger partial charge in [0, 0.05) is 0 Å². The monoisotopic (exact) mass is 186 g/mol. The Balaban J connectivity index is 0.00000121. The summed E-state index contributed by atoms with van der Waals surface area (Å²) in [5.41, 5.74) is 0. The highest BCUT2D eigenvalue weighted by Gasteiger charge is 2.13. The summed E-state index contributed by atoms with van der Waals surface area (Å²) in [4.78, 5) is 12.8. The van der Waals surface area contributed by atoms with Gasteiger partial charge in [0.05, 0.1) is 26.5 Å². The maximum atomic E-state index is 11.2. The van der Waals surface area contributed by atoms with Gasteiger partial charge >= 0.3 is 6.03 Å². The largest absolute Gasteiger partial charge is 1.00 e. The fourth-order valence-electron chi connectivity index (χ4n) is 0.757. The third-order valence-corrected chi connectivity index (χ3v) is 1.32. The maximum absolute atomic E-state index is 11.2. The normalized spacial score (nSPS) is 8.50. The standard InChI is InChI=1S/C8H11N2O.ClH/c1-9(2)8(11)10-6-4-3-5-7-10;/h3-7H,1-2H3;1H/q+1;/p-1. The molecule has 0 saturated heterocycles. The fraction of sp³-hybridized carbons (Fsp3) is 0.250. The summed E-state index contributed by atoms with van der Waals surface area (Å²) in [5, 5.41) is 0. The highest BCUT2D eigenvalue weighted by molar-refractivity contribution is 5.63. The van der Waals surface area contributed by atoms with Crippen LogP contribution in [0.5, 0.6) is 0 Å². The zero-order valence-corrected chi connectivity index (χ0v) is 7.82. The number of amides is 1. The molecule has 66 valence electrons. The van der Waals surface area contributed by atoms with Crippen LogP contribution in [0.4, 0.5) is 4.79 Å². The third kappa shape index (κ3) is 2.51. The van der Waals surface area contributed by atoms with Crippen LogP contribution in [-0.4, -0.2) is 25.0 Å². The summed E-state index contributed by atoms with van der Waals surface area (Å²) in [7, 11) is 3.45. The van der Waals surface area contributed by atoms with Crippen LogP contribution < -0.4 is 17.0 Å². The molecule has 0 aromatic carbocycles. The Kier molecular flexibility index (Phi) is 4.29. The Bertz CT molecular complexity index is 248. The van der Waals surface area contributed by atoms with Crippen molar-refractivity contribution >= 4 is 6.03 Å². The predicted molar refractivity (Wildman–Crippen MR) is 41.1 cm³/mol. The molecular formula is C8H11ClN2O. The summed E-state index contributed by atoms with van der Waals surface area (Å²) in [6, 6.07) is 5.48. The predicted octanol–water partition coefficient (Wildman–Crippen LogP) is -2.49. The lowest BCUT2D eigenvalue weighted by Gasteiger charge is -2.01. The van der Waals surface area contributed by atoms with Crippen LogP contribution in [0, 0.1) is 0 Å². The lowest BCUT2D eigenvalue weighted by atomic mass is 10.5. The van der Waals surface area contributed by atoms with Gasteiger partial charge < -0.3 is 12.4 Å². The third-order valence-electron chi connectivity index (χ3n) is 1.32. The summed E-state index contributed by atoms with van der Waals surface area (Å²) >= 11 is 0. The van der Waals surface area contributed by atoms with Gasteiger partial charge in [-0.05, 0) is 12.1 Å². The molecule has 0 fully saturated rings. The average Bonchev–Trinajstić information content (AvgIpc) is 2.05. The van der Waals surface area contributed by atoms with Crippen LogP contribution in [0.1, 0.15) is 0 Å². The molecule has 1 aromatic rings. The molecule has 0 N–H and O–H groups in total. The fourth-order valence-corrected chi connectivity index (χ4v) is 0.757. The van der Waals surface area contributed by atoms with E-state index < -0.39 is 0 Å². The van der Waals surface area contributed by atoms with Gasteiger partial charge in [0.2, 0.25) is 0 Å². The molecule has 1 amide bonds. The molecule has 0 aliphatic heterocycles. The first-order valence-electron chi connectivity index (χ1n) is 3.40. The number of rotatable bonds is 0. The molecule has 0 spiro atoms. The van der Waals surface area contributed by atoms with Crippen LogP contribution in [0.2, 0.25) is 0 Å². The molecule has 0 saturated carbocycles. The van der Waals surface area contributed by atoms with Gasteiger partial charge in [-0.2, -0.15) is 9.36 Å². The molecular weight excluding hydrogens is 176 g/mol. The average molecular weight is 187 g/mol. The second kappa shape index (κ2) is 4.72. The molecule has 1 rings (SSSR count). The Morgan fingerprint density at radius 1 is 1.17 bits per heavy atom. The minimum atomic E-state index is -0.0365. The van der Waals surface area contributed by atoms with E-state index in [1.807, 2.05) is 18.2 Å². The number of halogens is 1. The van der Waals surface area contributed by atoms with Gasteiger partial charge in [0.25, 0.3) is 0 Å². The van der Waals surface area contributed by atoms with Gasteiger partial charge in [-0.1, -0.05) is 6.07 Å². The molecule has 12 heavy (non-hydrogen) atoms. The van der Waals surface area contributed by atoms with Gasteiger partial charge in [-0.3, -0.25) is 0 Å². The molecule has 1 heterocycles. The summed E-state index contributed by atoms with van der Waals surface area (Å²) < 4.78 is 1.53. The molecule has 0 bridgehead atoms. The van der Waals surface area contributed by atoms with Gasteiger partial charge in [0.1, 0.15) is 0 Å². The van der Waals surface area contributed by atoms with Crippen molar-refractivity contribution < 1.29 is 21.8 Å². The Morgan fingerprint density at radius 3 is 2.08 bits per heavy atom. The van der Waals surface area contributed by atoms with E-state index in [-0.39, 0.29) is 18.4 Å². The molecule has 0 unspecified atom stereocenters. The second-order valence-electron chi connectivity index (χ2n) is 2.46. The molecule has 4 heteroatoms. The molecule has 0 atom stereocenters. The molecule has 0 radical (unpaired) electrons. The zero-order valence-electron chi connectivity index (χ0n) is 7.07. The number of carbonyl (C=O) groups is 1. The Morgan fingerprint density at radius 2 is 1.67 bits per heavy atom. The molecule has 3 nitrogen and oxygen atoms in total. The van der Waals surface area contributed by atoms with Crippen LogP contribution in [0.15, 0.2) is 30.6 Å². The first-order valence-corrected chi connectivity index (χ1v) is 3.40. The molecule has 0 aliphatic rings. The van der Waals surface area contributed by atoms with Crippen molar-refractivity contribution in [2.45, 2.75) is 0 Å². The van der Waals surface area contributed by atoms with Crippen molar-refractivity contribution in [2.75, 3.05) is 14.1 Å². The van der Waals surface area contributed by atoms with Gasteiger partial charge in [-0.15, -0.1) is 0 Å². The number of hydrogen-bond acceptors (Lipinski definition) is 1. The van der Waals surface area contributed by atoms with E-state index in [1.54, 1.807) is 26.5 Å². The van der Waals surface area contributed by atoms with E-state index >= 15 is 0 Å². The molecule has 0 aliphatic carbocycles. The Hall–Kier alpha value is -1.09. The minimum absolute atomic E-state index is 0. The van der Waals surface area contributed by atoms with Crippen molar-refractivity contribution in [3.63, 3.8) is 0 Å². The summed E-state index contributed by atoms with van der Waals surface area (Å²) in [5.74, 6) is 0. The summed E-state index contributed by atoms with van der Waals surface area (Å²) in [6.45, 7) is 0. The van der Waals surface area contributed by atoms with E-state index in [9.17, 15) is 4.79 Å². The van der Waals surface area contributed by atoms with Crippen LogP contribution in [-0.2, 0) is 0 Å². The highest BCUT2D eigenvalue weighted by Crippen LogP contribution is 1.80. The topological polar surface area (TPSA) is 24.2 Å². The maximum Gasteiger partial charge on any atom is 0.497 e. The summed E-state index contributed by atoms with van der Waals surface area (Å²) in [6.07, 6.45) is 3.45. The lowest BCUT2D eigenvalue weighted by Crippen LogP contribution is -3.00. The highest BCUT2D eigenvalue weighted by atomic mass is 35.5. The van der Waals surface area contributed by atoms with Crippen molar-refractivity contribution in [3.05, 3.63) is 30.6 Å². The van der Waals surface area contributed by atoms with Crippen molar-refractivity contribution in [1.82, 2.24) is 4.90 Å². The number of carbonyl (C=O) groups excluding carboxylic acids is 1.